The molecule has 0 radical (unpaired) electrons. The van der Waals surface area contributed by atoms with Crippen molar-refractivity contribution in [3.8, 4) is 10.8 Å². The first kappa shape index (κ1) is 19.4. The minimum Gasteiger partial charge on any atom is -0.376 e. The number of aromatic nitrogens is 4. The van der Waals surface area contributed by atoms with Crippen LogP contribution in [0.5, 0.6) is 0 Å². The van der Waals surface area contributed by atoms with Crippen molar-refractivity contribution >= 4 is 17.2 Å². The molecule has 1 atom stereocenters. The predicted octanol–water partition coefficient (Wildman–Crippen LogP) is 2.18. The van der Waals surface area contributed by atoms with Gasteiger partial charge in [-0.05, 0) is 37.5 Å². The van der Waals surface area contributed by atoms with E-state index in [1.165, 1.54) is 11.3 Å². The Labute approximate surface area is 171 Å². The van der Waals surface area contributed by atoms with Gasteiger partial charge in [0.05, 0.1) is 24.9 Å². The molecule has 1 saturated heterocycles. The monoisotopic (exact) mass is 411 g/mol. The van der Waals surface area contributed by atoms with Gasteiger partial charge in [-0.2, -0.15) is 0 Å². The van der Waals surface area contributed by atoms with Crippen molar-refractivity contribution in [3.63, 3.8) is 0 Å². The molecule has 8 nitrogen and oxygen atoms in total. The maximum absolute atomic E-state index is 12.8. The van der Waals surface area contributed by atoms with Gasteiger partial charge in [-0.1, -0.05) is 0 Å². The van der Waals surface area contributed by atoms with Crippen molar-refractivity contribution < 1.29 is 9.53 Å². The van der Waals surface area contributed by atoms with Crippen LogP contribution in [-0.4, -0.2) is 38.1 Å². The normalized spacial score (nSPS) is 16.1. The molecule has 0 aromatic carbocycles. The van der Waals surface area contributed by atoms with Crippen LogP contribution in [0.15, 0.2) is 40.9 Å². The Morgan fingerprint density at radius 3 is 2.97 bits per heavy atom. The Kier molecular flexibility index (Phi) is 5.77. The summed E-state index contributed by atoms with van der Waals surface area (Å²) in [4.78, 5) is 38.4. The molecule has 1 aliphatic rings. The van der Waals surface area contributed by atoms with Gasteiger partial charge >= 0.3 is 0 Å². The lowest BCUT2D eigenvalue weighted by atomic mass is 10.1. The molecule has 3 aromatic rings. The molecular formula is C20H21N5O3S. The molecule has 4 heterocycles. The van der Waals surface area contributed by atoms with E-state index in [2.05, 4.69) is 20.3 Å². The van der Waals surface area contributed by atoms with E-state index in [1.54, 1.807) is 42.2 Å². The lowest BCUT2D eigenvalue weighted by Crippen LogP contribution is -2.35. The van der Waals surface area contributed by atoms with E-state index in [0.29, 0.717) is 28.6 Å². The number of amides is 1. The highest BCUT2D eigenvalue weighted by Crippen LogP contribution is 2.19. The van der Waals surface area contributed by atoms with E-state index >= 15 is 0 Å². The Morgan fingerprint density at radius 1 is 1.38 bits per heavy atom. The SMILES string of the molecule is Cc1ccn(CC2CCCO2)c(=O)c1C(=O)NCc1csc(-c2ncccn2)n1. The van der Waals surface area contributed by atoms with Crippen LogP contribution < -0.4 is 10.9 Å². The van der Waals surface area contributed by atoms with Gasteiger partial charge in [0, 0.05) is 30.6 Å². The first-order valence-corrected chi connectivity index (χ1v) is 10.3. The van der Waals surface area contributed by atoms with Crippen LogP contribution in [0.2, 0.25) is 0 Å². The summed E-state index contributed by atoms with van der Waals surface area (Å²) in [5, 5.41) is 5.33. The van der Waals surface area contributed by atoms with Crippen molar-refractivity contribution in [3.05, 3.63) is 63.3 Å². The average Bonchev–Trinajstić information content (AvgIpc) is 3.41. The predicted molar refractivity (Wildman–Crippen MR) is 109 cm³/mol. The third-order valence-electron chi connectivity index (χ3n) is 4.76. The van der Waals surface area contributed by atoms with Crippen LogP contribution in [-0.2, 0) is 17.8 Å². The third kappa shape index (κ3) is 4.41. The second kappa shape index (κ2) is 8.62. The maximum Gasteiger partial charge on any atom is 0.263 e. The van der Waals surface area contributed by atoms with Gasteiger partial charge in [-0.3, -0.25) is 9.59 Å². The van der Waals surface area contributed by atoms with Gasteiger partial charge in [0.1, 0.15) is 5.56 Å². The molecule has 1 N–H and O–H groups in total. The summed E-state index contributed by atoms with van der Waals surface area (Å²) in [7, 11) is 0. The number of rotatable bonds is 6. The fourth-order valence-corrected chi connectivity index (χ4v) is 4.02. The first-order chi connectivity index (χ1) is 14.1. The van der Waals surface area contributed by atoms with Gasteiger partial charge in [-0.25, -0.2) is 15.0 Å². The van der Waals surface area contributed by atoms with E-state index in [4.69, 9.17) is 4.74 Å². The fraction of sp³-hybridized carbons (Fsp3) is 0.350. The zero-order chi connectivity index (χ0) is 20.2. The molecule has 0 aliphatic carbocycles. The number of pyridine rings is 1. The topological polar surface area (TPSA) is 99.0 Å². The quantitative estimate of drug-likeness (QED) is 0.668. The number of hydrogen-bond donors (Lipinski definition) is 1. The van der Waals surface area contributed by atoms with Crippen molar-refractivity contribution in [2.75, 3.05) is 6.61 Å². The Morgan fingerprint density at radius 2 is 2.21 bits per heavy atom. The molecule has 29 heavy (non-hydrogen) atoms. The van der Waals surface area contributed by atoms with Gasteiger partial charge < -0.3 is 14.6 Å². The smallest absolute Gasteiger partial charge is 0.263 e. The highest BCUT2D eigenvalue weighted by atomic mass is 32.1. The third-order valence-corrected chi connectivity index (χ3v) is 5.65. The van der Waals surface area contributed by atoms with E-state index in [0.717, 1.165) is 19.4 Å². The zero-order valence-corrected chi connectivity index (χ0v) is 16.8. The second-order valence-electron chi connectivity index (χ2n) is 6.87. The highest BCUT2D eigenvalue weighted by molar-refractivity contribution is 7.13. The molecular weight excluding hydrogens is 390 g/mol. The van der Waals surface area contributed by atoms with E-state index < -0.39 is 5.91 Å². The van der Waals surface area contributed by atoms with Crippen LogP contribution in [0.1, 0.15) is 34.5 Å². The number of carbonyl (C=O) groups is 1. The van der Waals surface area contributed by atoms with Crippen molar-refractivity contribution in [1.29, 1.82) is 0 Å². The maximum atomic E-state index is 12.8. The summed E-state index contributed by atoms with van der Waals surface area (Å²) >= 11 is 1.41. The summed E-state index contributed by atoms with van der Waals surface area (Å²) in [6.45, 7) is 3.18. The van der Waals surface area contributed by atoms with Gasteiger partial charge in [0.2, 0.25) is 0 Å². The van der Waals surface area contributed by atoms with Crippen LogP contribution in [0.4, 0.5) is 0 Å². The number of nitrogens with one attached hydrogen (secondary N) is 1. The van der Waals surface area contributed by atoms with Gasteiger partial charge in [0.15, 0.2) is 10.8 Å². The first-order valence-electron chi connectivity index (χ1n) is 9.43. The van der Waals surface area contributed by atoms with Crippen LogP contribution in [0, 0.1) is 6.92 Å². The Hall–Kier alpha value is -2.91. The Bertz CT molecular complexity index is 1060. The largest absolute Gasteiger partial charge is 0.376 e. The summed E-state index contributed by atoms with van der Waals surface area (Å²) < 4.78 is 7.17. The van der Waals surface area contributed by atoms with Crippen LogP contribution >= 0.6 is 11.3 Å². The van der Waals surface area contributed by atoms with Crippen LogP contribution in [0.25, 0.3) is 10.8 Å². The number of carbonyl (C=O) groups excluding carboxylic acids is 1. The van der Waals surface area contributed by atoms with E-state index in [1.807, 2.05) is 5.38 Å². The standard InChI is InChI=1S/C20H21N5O3S/c1-13-5-8-25(11-15-4-2-9-28-15)20(27)16(13)18(26)23-10-14-12-29-19(24-14)17-21-6-3-7-22-17/h3,5-8,12,15H,2,4,9-11H2,1H3,(H,23,26). The molecule has 1 aliphatic heterocycles. The number of aryl methyl sites for hydroxylation is 1. The molecule has 3 aromatic heterocycles. The molecule has 1 unspecified atom stereocenters. The molecule has 0 bridgehead atoms. The lowest BCUT2D eigenvalue weighted by Gasteiger charge is -2.14. The van der Waals surface area contributed by atoms with Crippen molar-refractivity contribution in [2.24, 2.45) is 0 Å². The molecule has 4 rings (SSSR count). The van der Waals surface area contributed by atoms with E-state index in [-0.39, 0.29) is 23.8 Å². The minimum atomic E-state index is -0.403. The summed E-state index contributed by atoms with van der Waals surface area (Å²) in [5.41, 5.74) is 1.20. The van der Waals surface area contributed by atoms with Gasteiger partial charge in [-0.15, -0.1) is 11.3 Å². The van der Waals surface area contributed by atoms with E-state index in [9.17, 15) is 9.59 Å². The molecule has 9 heteroatoms. The molecule has 1 fully saturated rings. The van der Waals surface area contributed by atoms with Crippen molar-refractivity contribution in [1.82, 2.24) is 24.8 Å². The van der Waals surface area contributed by atoms with Gasteiger partial charge in [0.25, 0.3) is 11.5 Å². The molecule has 1 amide bonds. The number of thiazole rings is 1. The number of hydrogen-bond acceptors (Lipinski definition) is 7. The lowest BCUT2D eigenvalue weighted by molar-refractivity contribution is 0.0928. The zero-order valence-electron chi connectivity index (χ0n) is 16.0. The highest BCUT2D eigenvalue weighted by Gasteiger charge is 2.20. The van der Waals surface area contributed by atoms with Crippen molar-refractivity contribution in [2.45, 2.75) is 39.0 Å². The summed E-state index contributed by atoms with van der Waals surface area (Å²) in [6, 6.07) is 3.53. The minimum absolute atomic E-state index is 0.0277. The number of ether oxygens (including phenoxy) is 1. The summed E-state index contributed by atoms with van der Waals surface area (Å²) in [5.74, 6) is 0.144. The molecule has 0 spiro atoms. The second-order valence-corrected chi connectivity index (χ2v) is 7.72. The van der Waals surface area contributed by atoms with Crippen LogP contribution in [0.3, 0.4) is 0 Å². The number of nitrogens with zero attached hydrogens (tertiary/aromatic N) is 4. The summed E-state index contributed by atoms with van der Waals surface area (Å²) in [6.07, 6.45) is 7.00. The molecule has 150 valence electrons. The molecule has 0 saturated carbocycles. The Balaban J connectivity index is 1.46. The fourth-order valence-electron chi connectivity index (χ4n) is 3.25. The average molecular weight is 411 g/mol.